The Balaban J connectivity index is 2.25. The lowest BCUT2D eigenvalue weighted by atomic mass is 10.1. The average molecular weight is 251 g/mol. The molecule has 1 heterocycles. The highest BCUT2D eigenvalue weighted by molar-refractivity contribution is 5.82. The highest BCUT2D eigenvalue weighted by atomic mass is 16.5. The van der Waals surface area contributed by atoms with E-state index in [-0.39, 0.29) is 5.91 Å². The van der Waals surface area contributed by atoms with Crippen LogP contribution in [0.5, 0.6) is 11.5 Å². The van der Waals surface area contributed by atoms with Gasteiger partial charge in [0.05, 0.1) is 13.2 Å². The van der Waals surface area contributed by atoms with E-state index in [9.17, 15) is 4.79 Å². The summed E-state index contributed by atoms with van der Waals surface area (Å²) in [5.74, 6) is 6.32. The van der Waals surface area contributed by atoms with E-state index in [1.54, 1.807) is 18.2 Å². The fraction of sp³-hybridized carbons (Fsp3) is 0.417. The molecule has 98 valence electrons. The number of nitrogens with two attached hydrogens (primary N) is 2. The van der Waals surface area contributed by atoms with E-state index in [0.717, 1.165) is 11.4 Å². The molecule has 1 aliphatic rings. The lowest BCUT2D eigenvalue weighted by Crippen LogP contribution is -2.40. The van der Waals surface area contributed by atoms with E-state index in [1.165, 1.54) is 7.05 Å². The number of amides is 1. The molecular formula is C12H17N3O3. The van der Waals surface area contributed by atoms with Crippen molar-refractivity contribution in [2.75, 3.05) is 20.3 Å². The van der Waals surface area contributed by atoms with Gasteiger partial charge in [-0.1, -0.05) is 6.07 Å². The van der Waals surface area contributed by atoms with E-state index >= 15 is 0 Å². The summed E-state index contributed by atoms with van der Waals surface area (Å²) in [6, 6.07) is 4.45. The van der Waals surface area contributed by atoms with Gasteiger partial charge < -0.3 is 15.2 Å². The van der Waals surface area contributed by atoms with Crippen molar-refractivity contribution in [3.63, 3.8) is 0 Å². The van der Waals surface area contributed by atoms with Crippen molar-refractivity contribution in [3.8, 4) is 11.5 Å². The first-order chi connectivity index (χ1) is 8.59. The van der Waals surface area contributed by atoms with Gasteiger partial charge in [0.1, 0.15) is 6.04 Å². The Labute approximate surface area is 105 Å². The largest absolute Gasteiger partial charge is 0.490 e. The average Bonchev–Trinajstić information content (AvgIpc) is 2.60. The summed E-state index contributed by atoms with van der Waals surface area (Å²) in [6.45, 7) is 1.22. The summed E-state index contributed by atoms with van der Waals surface area (Å²) < 4.78 is 11.0. The van der Waals surface area contributed by atoms with Crippen LogP contribution in [-0.4, -0.2) is 31.2 Å². The third kappa shape index (κ3) is 2.55. The first-order valence-corrected chi connectivity index (χ1v) is 5.77. The number of fused-ring (bicyclic) bond motifs is 1. The van der Waals surface area contributed by atoms with Gasteiger partial charge in [-0.2, -0.15) is 0 Å². The highest BCUT2D eigenvalue weighted by Crippen LogP contribution is 2.32. The fourth-order valence-corrected chi connectivity index (χ4v) is 1.74. The van der Waals surface area contributed by atoms with E-state index in [4.69, 9.17) is 21.1 Å². The van der Waals surface area contributed by atoms with Crippen molar-refractivity contribution in [2.45, 2.75) is 12.5 Å². The fourth-order valence-electron chi connectivity index (χ4n) is 1.74. The molecule has 0 spiro atoms. The molecule has 1 unspecified atom stereocenters. The monoisotopic (exact) mass is 251 g/mol. The Morgan fingerprint density at radius 3 is 2.67 bits per heavy atom. The molecule has 1 atom stereocenters. The van der Waals surface area contributed by atoms with Gasteiger partial charge in [-0.3, -0.25) is 9.80 Å². The van der Waals surface area contributed by atoms with Crippen molar-refractivity contribution in [1.29, 1.82) is 0 Å². The molecule has 0 radical (unpaired) electrons. The topological polar surface area (TPSA) is 90.8 Å². The third-order valence-electron chi connectivity index (χ3n) is 2.74. The molecule has 1 aliphatic heterocycles. The number of nitrogens with zero attached hydrogens (tertiary/aromatic N) is 1. The molecule has 6 heteroatoms. The second-order valence-electron chi connectivity index (χ2n) is 4.18. The summed E-state index contributed by atoms with van der Waals surface area (Å²) in [7, 11) is 1.46. The second kappa shape index (κ2) is 5.24. The van der Waals surface area contributed by atoms with Crippen LogP contribution < -0.4 is 21.1 Å². The number of benzene rings is 1. The van der Waals surface area contributed by atoms with Crippen molar-refractivity contribution in [3.05, 3.63) is 23.8 Å². The molecule has 0 bridgehead atoms. The number of ether oxygens (including phenoxy) is 2. The number of likely N-dealkylation sites (N-methyl/N-ethyl adjacent to an activating group) is 1. The predicted octanol–water partition coefficient (Wildman–Crippen LogP) is 0.180. The second-order valence-corrected chi connectivity index (χ2v) is 4.18. The maximum absolute atomic E-state index is 11.7. The molecule has 0 saturated carbocycles. The Hall–Kier alpha value is -1.79. The number of carbonyl (C=O) groups is 1. The van der Waals surface area contributed by atoms with Gasteiger partial charge >= 0.3 is 0 Å². The van der Waals surface area contributed by atoms with Crippen molar-refractivity contribution < 1.29 is 14.3 Å². The first kappa shape index (κ1) is 12.7. The van der Waals surface area contributed by atoms with Crippen LogP contribution in [0, 0.1) is 0 Å². The smallest absolute Gasteiger partial charge is 0.257 e. The lowest BCUT2D eigenvalue weighted by Gasteiger charge is -2.17. The first-order valence-electron chi connectivity index (χ1n) is 5.77. The van der Waals surface area contributed by atoms with Crippen LogP contribution in [0.15, 0.2) is 18.2 Å². The summed E-state index contributed by atoms with van der Waals surface area (Å²) in [5, 5.41) is 0.980. The van der Waals surface area contributed by atoms with Crippen LogP contribution in [0.3, 0.4) is 0 Å². The quantitative estimate of drug-likeness (QED) is 0.444. The van der Waals surface area contributed by atoms with Crippen molar-refractivity contribution >= 4 is 5.91 Å². The normalized spacial score (nSPS) is 15.7. The van der Waals surface area contributed by atoms with Crippen molar-refractivity contribution in [2.24, 2.45) is 11.6 Å². The molecule has 1 aromatic carbocycles. The highest BCUT2D eigenvalue weighted by Gasteiger charge is 2.20. The van der Waals surface area contributed by atoms with E-state index in [1.807, 2.05) is 0 Å². The number of hydrogen-bond acceptors (Lipinski definition) is 5. The van der Waals surface area contributed by atoms with Crippen LogP contribution in [0.4, 0.5) is 0 Å². The maximum Gasteiger partial charge on any atom is 0.257 e. The third-order valence-corrected chi connectivity index (χ3v) is 2.74. The Morgan fingerprint density at radius 1 is 1.33 bits per heavy atom. The number of rotatable bonds is 2. The van der Waals surface area contributed by atoms with Gasteiger partial charge in [-0.25, -0.2) is 5.84 Å². The SMILES string of the molecule is CN(N)C(=O)C(N)c1ccc2c(c1)OCCCO2. The van der Waals surface area contributed by atoms with E-state index in [2.05, 4.69) is 0 Å². The molecule has 0 fully saturated rings. The minimum absolute atomic E-state index is 0.357. The zero-order valence-electron chi connectivity index (χ0n) is 10.3. The summed E-state index contributed by atoms with van der Waals surface area (Å²) >= 11 is 0. The molecule has 2 rings (SSSR count). The number of hydrazine groups is 1. The maximum atomic E-state index is 11.7. The van der Waals surface area contributed by atoms with Crippen molar-refractivity contribution in [1.82, 2.24) is 5.01 Å². The predicted molar refractivity (Wildman–Crippen MR) is 65.9 cm³/mol. The minimum atomic E-state index is -0.794. The van der Waals surface area contributed by atoms with Gasteiger partial charge in [0, 0.05) is 13.5 Å². The molecule has 4 N–H and O–H groups in total. The van der Waals surface area contributed by atoms with Gasteiger partial charge in [-0.05, 0) is 17.7 Å². The standard InChI is InChI=1S/C12H17N3O3/c1-15(14)12(16)11(13)8-3-4-9-10(7-8)18-6-2-5-17-9/h3-4,7,11H,2,5-6,13-14H2,1H3. The lowest BCUT2D eigenvalue weighted by molar-refractivity contribution is -0.131. The van der Waals surface area contributed by atoms with Crippen LogP contribution in [0.1, 0.15) is 18.0 Å². The van der Waals surface area contributed by atoms with Gasteiger partial charge in [0.15, 0.2) is 11.5 Å². The van der Waals surface area contributed by atoms with E-state index < -0.39 is 6.04 Å². The Bertz CT molecular complexity index is 448. The number of hydrogen-bond donors (Lipinski definition) is 2. The summed E-state index contributed by atoms with van der Waals surface area (Å²) in [5.41, 5.74) is 6.50. The molecule has 18 heavy (non-hydrogen) atoms. The Kier molecular flexibility index (Phi) is 3.69. The molecule has 1 aromatic rings. The van der Waals surface area contributed by atoms with Crippen LogP contribution in [0.2, 0.25) is 0 Å². The molecule has 0 aromatic heterocycles. The zero-order valence-corrected chi connectivity index (χ0v) is 10.3. The zero-order chi connectivity index (χ0) is 13.1. The molecule has 6 nitrogen and oxygen atoms in total. The van der Waals surface area contributed by atoms with Gasteiger partial charge in [0.25, 0.3) is 5.91 Å². The van der Waals surface area contributed by atoms with E-state index in [0.29, 0.717) is 30.3 Å². The molecule has 1 amide bonds. The Morgan fingerprint density at radius 2 is 2.00 bits per heavy atom. The molecule has 0 saturated heterocycles. The minimum Gasteiger partial charge on any atom is -0.490 e. The van der Waals surface area contributed by atoms with Gasteiger partial charge in [0.2, 0.25) is 0 Å². The molecule has 0 aliphatic carbocycles. The number of carbonyl (C=O) groups excluding carboxylic acids is 1. The summed E-state index contributed by atoms with van der Waals surface area (Å²) in [4.78, 5) is 11.7. The van der Waals surface area contributed by atoms with Crippen LogP contribution >= 0.6 is 0 Å². The summed E-state index contributed by atoms with van der Waals surface area (Å²) in [6.07, 6.45) is 0.834. The van der Waals surface area contributed by atoms with Crippen LogP contribution in [0.25, 0.3) is 0 Å². The molecular weight excluding hydrogens is 234 g/mol. The van der Waals surface area contributed by atoms with Gasteiger partial charge in [-0.15, -0.1) is 0 Å². The van der Waals surface area contributed by atoms with Crippen LogP contribution in [-0.2, 0) is 4.79 Å².